The van der Waals surface area contributed by atoms with Crippen molar-refractivity contribution in [1.82, 2.24) is 10.2 Å². The zero-order valence-electron chi connectivity index (χ0n) is 12.9. The van der Waals surface area contributed by atoms with Gasteiger partial charge in [-0.15, -0.1) is 0 Å². The number of carbonyl (C=O) groups excluding carboxylic acids is 1. The third-order valence-electron chi connectivity index (χ3n) is 4.90. The van der Waals surface area contributed by atoms with E-state index in [4.69, 9.17) is 9.47 Å². The minimum atomic E-state index is -0.202. The maximum absolute atomic E-state index is 11.9. The number of fused-ring (bicyclic) bond motifs is 2. The fourth-order valence-electron chi connectivity index (χ4n) is 3.68. The van der Waals surface area contributed by atoms with E-state index in [-0.39, 0.29) is 18.2 Å². The van der Waals surface area contributed by atoms with Crippen LogP contribution in [0.3, 0.4) is 0 Å². The first-order chi connectivity index (χ1) is 10.7. The van der Waals surface area contributed by atoms with Crippen molar-refractivity contribution >= 4 is 5.97 Å². The van der Waals surface area contributed by atoms with Gasteiger partial charge < -0.3 is 14.8 Å². The van der Waals surface area contributed by atoms with Crippen LogP contribution in [0.5, 0.6) is 0 Å². The van der Waals surface area contributed by atoms with Gasteiger partial charge >= 0.3 is 5.97 Å². The standard InChI is InChI=1S/C17H22N2O3/c1-11-6-13-7-12(2-3-15(13)17(20)22-11)16-9-19-5-4-18-8-14(19)10-21-16/h2-3,7,11,14,16,18H,4-6,8-10H2,1H3/t11-,14+,16-/m1/s1. The summed E-state index contributed by atoms with van der Waals surface area (Å²) in [5.41, 5.74) is 2.97. The molecule has 4 rings (SSSR count). The number of benzene rings is 1. The van der Waals surface area contributed by atoms with Crippen molar-refractivity contribution in [3.63, 3.8) is 0 Å². The number of nitrogens with one attached hydrogen (secondary N) is 1. The summed E-state index contributed by atoms with van der Waals surface area (Å²) in [4.78, 5) is 14.4. The molecule has 0 amide bonds. The number of ether oxygens (including phenoxy) is 2. The van der Waals surface area contributed by atoms with Gasteiger partial charge in [-0.25, -0.2) is 4.79 Å². The molecule has 5 nitrogen and oxygen atoms in total. The molecule has 0 radical (unpaired) electrons. The second kappa shape index (κ2) is 5.65. The summed E-state index contributed by atoms with van der Waals surface area (Å²) in [7, 11) is 0. The molecule has 118 valence electrons. The van der Waals surface area contributed by atoms with E-state index in [9.17, 15) is 4.79 Å². The molecule has 22 heavy (non-hydrogen) atoms. The molecule has 0 aliphatic carbocycles. The number of rotatable bonds is 1. The molecule has 0 saturated carbocycles. The molecular weight excluding hydrogens is 280 g/mol. The molecule has 1 N–H and O–H groups in total. The van der Waals surface area contributed by atoms with E-state index in [1.54, 1.807) is 0 Å². The van der Waals surface area contributed by atoms with Crippen molar-refractivity contribution in [2.24, 2.45) is 0 Å². The molecule has 3 aliphatic heterocycles. The molecule has 3 heterocycles. The predicted molar refractivity (Wildman–Crippen MR) is 81.9 cm³/mol. The molecule has 1 aromatic carbocycles. The minimum absolute atomic E-state index is 0.0416. The predicted octanol–water partition coefficient (Wildman–Crippen LogP) is 1.13. The van der Waals surface area contributed by atoms with Gasteiger partial charge in [0.15, 0.2) is 0 Å². The fourth-order valence-corrected chi connectivity index (χ4v) is 3.68. The Morgan fingerprint density at radius 1 is 1.36 bits per heavy atom. The van der Waals surface area contributed by atoms with Gasteiger partial charge in [0.05, 0.1) is 18.3 Å². The summed E-state index contributed by atoms with van der Waals surface area (Å²) in [5.74, 6) is -0.202. The lowest BCUT2D eigenvalue weighted by Gasteiger charge is -2.42. The number of piperazine rings is 1. The number of nitrogens with zero attached hydrogens (tertiary/aromatic N) is 1. The Hall–Kier alpha value is -1.43. The largest absolute Gasteiger partial charge is 0.459 e. The van der Waals surface area contributed by atoms with Crippen LogP contribution in [0.15, 0.2) is 18.2 Å². The van der Waals surface area contributed by atoms with Gasteiger partial charge in [0.25, 0.3) is 0 Å². The smallest absolute Gasteiger partial charge is 0.338 e. The fraction of sp³-hybridized carbons (Fsp3) is 0.588. The maximum Gasteiger partial charge on any atom is 0.338 e. The van der Waals surface area contributed by atoms with Crippen molar-refractivity contribution in [2.45, 2.75) is 31.6 Å². The number of carbonyl (C=O) groups is 1. The highest BCUT2D eigenvalue weighted by Crippen LogP contribution is 2.29. The average Bonchev–Trinajstić information content (AvgIpc) is 2.53. The highest BCUT2D eigenvalue weighted by molar-refractivity contribution is 5.92. The topological polar surface area (TPSA) is 50.8 Å². The van der Waals surface area contributed by atoms with E-state index in [1.807, 2.05) is 19.1 Å². The highest BCUT2D eigenvalue weighted by Gasteiger charge is 2.32. The van der Waals surface area contributed by atoms with E-state index < -0.39 is 0 Å². The van der Waals surface area contributed by atoms with Crippen LogP contribution in [0.25, 0.3) is 0 Å². The summed E-state index contributed by atoms with van der Waals surface area (Å²) >= 11 is 0. The molecule has 0 bridgehead atoms. The van der Waals surface area contributed by atoms with Crippen LogP contribution < -0.4 is 5.32 Å². The first-order valence-corrected chi connectivity index (χ1v) is 8.11. The van der Waals surface area contributed by atoms with Crippen molar-refractivity contribution in [3.05, 3.63) is 34.9 Å². The Bertz CT molecular complexity index is 589. The summed E-state index contributed by atoms with van der Waals surface area (Å²) in [5, 5.41) is 3.42. The normalized spacial score (nSPS) is 32.0. The number of hydrogen-bond donors (Lipinski definition) is 1. The van der Waals surface area contributed by atoms with Crippen LogP contribution in [0.1, 0.15) is 34.5 Å². The van der Waals surface area contributed by atoms with Gasteiger partial charge in [-0.1, -0.05) is 12.1 Å². The highest BCUT2D eigenvalue weighted by atomic mass is 16.5. The number of esters is 1. The molecule has 3 aliphatic rings. The summed E-state index contributed by atoms with van der Waals surface area (Å²) in [6, 6.07) is 6.55. The van der Waals surface area contributed by atoms with Crippen molar-refractivity contribution in [2.75, 3.05) is 32.8 Å². The van der Waals surface area contributed by atoms with Crippen molar-refractivity contribution in [1.29, 1.82) is 0 Å². The van der Waals surface area contributed by atoms with E-state index >= 15 is 0 Å². The van der Waals surface area contributed by atoms with Crippen LogP contribution in [0.4, 0.5) is 0 Å². The molecule has 3 atom stereocenters. The van der Waals surface area contributed by atoms with Gasteiger partial charge in [-0.05, 0) is 24.1 Å². The summed E-state index contributed by atoms with van der Waals surface area (Å²) in [6.07, 6.45) is 0.853. The monoisotopic (exact) mass is 302 g/mol. The van der Waals surface area contributed by atoms with Gasteiger partial charge in [0.2, 0.25) is 0 Å². The quantitative estimate of drug-likeness (QED) is 0.788. The van der Waals surface area contributed by atoms with Crippen molar-refractivity contribution < 1.29 is 14.3 Å². The first kappa shape index (κ1) is 14.2. The van der Waals surface area contributed by atoms with Crippen LogP contribution >= 0.6 is 0 Å². The van der Waals surface area contributed by atoms with E-state index in [0.29, 0.717) is 11.6 Å². The number of cyclic esters (lactones) is 1. The SMILES string of the molecule is C[C@@H]1Cc2cc([C@H]3CN4CCNC[C@H]4CO3)ccc2C(=O)O1. The maximum atomic E-state index is 11.9. The Labute approximate surface area is 130 Å². The van der Waals surface area contributed by atoms with Gasteiger partial charge in [-0.3, -0.25) is 4.90 Å². The van der Waals surface area contributed by atoms with Gasteiger partial charge in [0, 0.05) is 38.6 Å². The summed E-state index contributed by atoms with van der Waals surface area (Å²) in [6.45, 7) is 6.80. The Morgan fingerprint density at radius 2 is 2.27 bits per heavy atom. The van der Waals surface area contributed by atoms with Crippen LogP contribution in [0, 0.1) is 0 Å². The zero-order chi connectivity index (χ0) is 15.1. The molecular formula is C17H22N2O3. The van der Waals surface area contributed by atoms with Gasteiger partial charge in [0.1, 0.15) is 6.10 Å². The second-order valence-electron chi connectivity index (χ2n) is 6.51. The number of morpholine rings is 1. The number of hydrogen-bond acceptors (Lipinski definition) is 5. The average molecular weight is 302 g/mol. The van der Waals surface area contributed by atoms with Crippen LogP contribution in [-0.4, -0.2) is 55.8 Å². The second-order valence-corrected chi connectivity index (χ2v) is 6.51. The lowest BCUT2D eigenvalue weighted by molar-refractivity contribution is -0.0718. The van der Waals surface area contributed by atoms with Crippen LogP contribution in [0.2, 0.25) is 0 Å². The molecule has 2 fully saturated rings. The lowest BCUT2D eigenvalue weighted by atomic mass is 9.94. The van der Waals surface area contributed by atoms with E-state index in [2.05, 4.69) is 16.3 Å². The summed E-state index contributed by atoms with van der Waals surface area (Å²) < 4.78 is 11.4. The van der Waals surface area contributed by atoms with Gasteiger partial charge in [-0.2, -0.15) is 0 Å². The lowest BCUT2D eigenvalue weighted by Crippen LogP contribution is -2.57. The Kier molecular flexibility index (Phi) is 3.64. The Morgan fingerprint density at radius 3 is 3.18 bits per heavy atom. The minimum Gasteiger partial charge on any atom is -0.459 e. The molecule has 1 aromatic rings. The molecule has 2 saturated heterocycles. The Balaban J connectivity index is 1.56. The van der Waals surface area contributed by atoms with Crippen molar-refractivity contribution in [3.8, 4) is 0 Å². The third kappa shape index (κ3) is 2.53. The van der Waals surface area contributed by atoms with Crippen LogP contribution in [-0.2, 0) is 15.9 Å². The zero-order valence-corrected chi connectivity index (χ0v) is 12.9. The molecule has 0 spiro atoms. The molecule has 5 heteroatoms. The van der Waals surface area contributed by atoms with E-state index in [0.717, 1.165) is 44.8 Å². The molecule has 0 unspecified atom stereocenters. The third-order valence-corrected chi connectivity index (χ3v) is 4.90. The van der Waals surface area contributed by atoms with E-state index in [1.165, 1.54) is 5.56 Å². The first-order valence-electron chi connectivity index (χ1n) is 8.11. The molecule has 0 aromatic heterocycles.